The van der Waals surface area contributed by atoms with Crippen molar-refractivity contribution < 1.29 is 9.53 Å². The van der Waals surface area contributed by atoms with E-state index >= 15 is 0 Å². The molecule has 1 aromatic heterocycles. The maximum absolute atomic E-state index is 10.6. The Bertz CT molecular complexity index is 291. The van der Waals surface area contributed by atoms with Crippen molar-refractivity contribution >= 4 is 5.97 Å². The molecule has 4 heteroatoms. The molecule has 0 fully saturated rings. The fourth-order valence-electron chi connectivity index (χ4n) is 0.911. The van der Waals surface area contributed by atoms with Gasteiger partial charge in [-0.25, -0.2) is 4.68 Å². The molecule has 0 aliphatic heterocycles. The summed E-state index contributed by atoms with van der Waals surface area (Å²) in [5.41, 5.74) is 0.815. The van der Waals surface area contributed by atoms with E-state index in [4.69, 9.17) is 4.74 Å². The third-order valence-corrected chi connectivity index (χ3v) is 1.33. The van der Waals surface area contributed by atoms with E-state index in [0.717, 1.165) is 5.69 Å². The van der Waals surface area contributed by atoms with Gasteiger partial charge in [0.05, 0.1) is 5.69 Å². The number of carbonyl (C=O) groups excluding carboxylic acids is 1. The van der Waals surface area contributed by atoms with Crippen molar-refractivity contribution in [1.29, 1.82) is 0 Å². The van der Waals surface area contributed by atoms with Crippen LogP contribution in [0.3, 0.4) is 0 Å². The van der Waals surface area contributed by atoms with Gasteiger partial charge in [0.2, 0.25) is 5.88 Å². The van der Waals surface area contributed by atoms with E-state index in [-0.39, 0.29) is 5.97 Å². The van der Waals surface area contributed by atoms with E-state index in [2.05, 4.69) is 12.0 Å². The first-order valence-electron chi connectivity index (χ1n) is 3.65. The highest BCUT2D eigenvalue weighted by Crippen LogP contribution is 2.12. The molecule has 1 radical (unpaired) electrons. The van der Waals surface area contributed by atoms with Crippen molar-refractivity contribution in [1.82, 2.24) is 9.78 Å². The predicted molar refractivity (Wildman–Crippen MR) is 43.6 cm³/mol. The summed E-state index contributed by atoms with van der Waals surface area (Å²) in [4.78, 5) is 10.6. The molecule has 0 spiro atoms. The molecule has 65 valence electrons. The number of aryl methyl sites for hydroxylation is 1. The summed E-state index contributed by atoms with van der Waals surface area (Å²) in [6.45, 7) is 7.29. The van der Waals surface area contributed by atoms with Crippen LogP contribution in [-0.2, 0) is 11.3 Å². The minimum atomic E-state index is -0.343. The van der Waals surface area contributed by atoms with Crippen molar-refractivity contribution in [3.05, 3.63) is 18.7 Å². The van der Waals surface area contributed by atoms with Crippen LogP contribution < -0.4 is 4.74 Å². The molecule has 4 nitrogen and oxygen atoms in total. The summed E-state index contributed by atoms with van der Waals surface area (Å²) >= 11 is 0. The molecule has 0 amide bonds. The van der Waals surface area contributed by atoms with E-state index < -0.39 is 0 Å². The van der Waals surface area contributed by atoms with Gasteiger partial charge in [-0.1, -0.05) is 0 Å². The monoisotopic (exact) mass is 167 g/mol. The second-order valence-electron chi connectivity index (χ2n) is 2.44. The van der Waals surface area contributed by atoms with Gasteiger partial charge in [0.15, 0.2) is 0 Å². The van der Waals surface area contributed by atoms with Gasteiger partial charge in [-0.2, -0.15) is 5.10 Å². The van der Waals surface area contributed by atoms with Gasteiger partial charge in [-0.05, 0) is 13.8 Å². The smallest absolute Gasteiger partial charge is 0.309 e. The summed E-state index contributed by atoms with van der Waals surface area (Å²) < 4.78 is 6.42. The van der Waals surface area contributed by atoms with Crippen LogP contribution in [0.5, 0.6) is 5.88 Å². The van der Waals surface area contributed by atoms with Gasteiger partial charge in [0, 0.05) is 19.5 Å². The Morgan fingerprint density at radius 2 is 2.50 bits per heavy atom. The normalized spacial score (nSPS) is 9.92. The molecular formula is C8H11N2O2. The standard InChI is InChI=1S/C8H11N2O2/c1-4-10-8(12-7(3)11)5-6(2)9-10/h5H,1,4H2,2-3H3. The molecule has 1 aromatic rings. The lowest BCUT2D eigenvalue weighted by Crippen LogP contribution is -2.07. The van der Waals surface area contributed by atoms with Crippen LogP contribution in [0.4, 0.5) is 0 Å². The molecule has 1 heterocycles. The SMILES string of the molecule is [CH2]Cn1nc(C)cc1OC(C)=O. The number of hydrogen-bond acceptors (Lipinski definition) is 3. The van der Waals surface area contributed by atoms with Crippen molar-refractivity contribution in [3.63, 3.8) is 0 Å². The van der Waals surface area contributed by atoms with Crippen molar-refractivity contribution in [3.8, 4) is 5.88 Å². The summed E-state index contributed by atoms with van der Waals surface area (Å²) in [6.07, 6.45) is 0. The number of aromatic nitrogens is 2. The van der Waals surface area contributed by atoms with E-state index in [1.54, 1.807) is 6.07 Å². The lowest BCUT2D eigenvalue weighted by Gasteiger charge is -2.01. The second kappa shape index (κ2) is 3.38. The molecule has 0 bridgehead atoms. The number of nitrogens with zero attached hydrogens (tertiary/aromatic N) is 2. The van der Waals surface area contributed by atoms with Gasteiger partial charge >= 0.3 is 5.97 Å². The zero-order valence-electron chi connectivity index (χ0n) is 7.20. The average molecular weight is 167 g/mol. The largest absolute Gasteiger partial charge is 0.408 e. The van der Waals surface area contributed by atoms with Gasteiger partial charge in [-0.3, -0.25) is 4.79 Å². The summed E-state index contributed by atoms with van der Waals surface area (Å²) in [5, 5.41) is 4.06. The highest BCUT2D eigenvalue weighted by molar-refractivity contribution is 5.68. The summed E-state index contributed by atoms with van der Waals surface area (Å²) in [6, 6.07) is 1.70. The third-order valence-electron chi connectivity index (χ3n) is 1.33. The molecule has 1 rings (SSSR count). The van der Waals surface area contributed by atoms with Crippen LogP contribution in [0.25, 0.3) is 0 Å². The van der Waals surface area contributed by atoms with Gasteiger partial charge in [0.25, 0.3) is 0 Å². The van der Waals surface area contributed by atoms with Crippen LogP contribution in [0, 0.1) is 13.8 Å². The first-order valence-corrected chi connectivity index (χ1v) is 3.65. The molecule has 0 saturated carbocycles. The number of esters is 1. The Labute approximate surface area is 71.1 Å². The Balaban J connectivity index is 2.89. The van der Waals surface area contributed by atoms with E-state index in [1.165, 1.54) is 11.6 Å². The van der Waals surface area contributed by atoms with Crippen LogP contribution in [-0.4, -0.2) is 15.7 Å². The maximum atomic E-state index is 10.6. The Morgan fingerprint density at radius 3 is 3.00 bits per heavy atom. The number of carbonyl (C=O) groups is 1. The first kappa shape index (κ1) is 8.77. The molecule has 0 N–H and O–H groups in total. The molecule has 0 aromatic carbocycles. The molecule has 0 atom stereocenters. The minimum Gasteiger partial charge on any atom is -0.408 e. The number of rotatable bonds is 2. The first-order chi connectivity index (χ1) is 5.63. The second-order valence-corrected chi connectivity index (χ2v) is 2.44. The topological polar surface area (TPSA) is 44.1 Å². The average Bonchev–Trinajstić information content (AvgIpc) is 2.29. The fourth-order valence-corrected chi connectivity index (χ4v) is 0.911. The molecule has 0 unspecified atom stereocenters. The van der Waals surface area contributed by atoms with Gasteiger partial charge in [-0.15, -0.1) is 0 Å². The minimum absolute atomic E-state index is 0.343. The van der Waals surface area contributed by atoms with Crippen LogP contribution >= 0.6 is 0 Å². The van der Waals surface area contributed by atoms with Crippen molar-refractivity contribution in [2.45, 2.75) is 20.4 Å². The third kappa shape index (κ3) is 1.84. The van der Waals surface area contributed by atoms with Crippen LogP contribution in [0.1, 0.15) is 12.6 Å². The lowest BCUT2D eigenvalue weighted by molar-refractivity contribution is -0.132. The summed E-state index contributed by atoms with van der Waals surface area (Å²) in [7, 11) is 0. The quantitative estimate of drug-likeness (QED) is 0.616. The van der Waals surface area contributed by atoms with Gasteiger partial charge < -0.3 is 4.74 Å². The van der Waals surface area contributed by atoms with E-state index in [1.807, 2.05) is 6.92 Å². The molecule has 0 aliphatic rings. The molecule has 12 heavy (non-hydrogen) atoms. The van der Waals surface area contributed by atoms with Gasteiger partial charge in [0.1, 0.15) is 0 Å². The van der Waals surface area contributed by atoms with Crippen LogP contribution in [0.15, 0.2) is 6.07 Å². The molecule has 0 saturated heterocycles. The molecular weight excluding hydrogens is 156 g/mol. The van der Waals surface area contributed by atoms with E-state index in [0.29, 0.717) is 12.4 Å². The maximum Gasteiger partial charge on any atom is 0.309 e. The lowest BCUT2D eigenvalue weighted by atomic mass is 10.5. The predicted octanol–water partition coefficient (Wildman–Crippen LogP) is 0.951. The highest BCUT2D eigenvalue weighted by atomic mass is 16.5. The zero-order chi connectivity index (χ0) is 9.14. The number of ether oxygens (including phenoxy) is 1. The highest BCUT2D eigenvalue weighted by Gasteiger charge is 2.06. The Kier molecular flexibility index (Phi) is 2.47. The van der Waals surface area contributed by atoms with E-state index in [9.17, 15) is 4.79 Å². The Morgan fingerprint density at radius 1 is 1.83 bits per heavy atom. The zero-order valence-corrected chi connectivity index (χ0v) is 7.20. The Hall–Kier alpha value is -1.32. The summed E-state index contributed by atoms with van der Waals surface area (Å²) in [5.74, 6) is 0.111. The number of hydrogen-bond donors (Lipinski definition) is 0. The van der Waals surface area contributed by atoms with Crippen LogP contribution in [0.2, 0.25) is 0 Å². The fraction of sp³-hybridized carbons (Fsp3) is 0.375. The van der Waals surface area contributed by atoms with Crippen molar-refractivity contribution in [2.24, 2.45) is 0 Å². The van der Waals surface area contributed by atoms with Crippen molar-refractivity contribution in [2.75, 3.05) is 0 Å². The molecule has 0 aliphatic carbocycles.